The standard InChI is InChI=1S/C24H16Br2N2O5S2/c1-32-20-11-15(10-19(26)22(20)33-13-14-2-4-16(25)5-3-14)12-21-23(29)27(24(34)35-21)17-6-8-18(9-7-17)28(30)31/h2-12H,13H2,1H3/b21-12-. The molecule has 0 aliphatic carbocycles. The number of carbonyl (C=O) groups is 1. The van der Waals surface area contributed by atoms with Crippen molar-refractivity contribution in [1.82, 2.24) is 0 Å². The number of thiocarbonyl (C=S) groups is 1. The summed E-state index contributed by atoms with van der Waals surface area (Å²) < 4.78 is 13.5. The molecule has 1 fully saturated rings. The maximum atomic E-state index is 13.1. The number of nitro benzene ring substituents is 1. The van der Waals surface area contributed by atoms with Crippen LogP contribution >= 0.6 is 55.8 Å². The lowest BCUT2D eigenvalue weighted by molar-refractivity contribution is -0.384. The number of nitrogens with zero attached hydrogens (tertiary/aromatic N) is 2. The molecule has 0 bridgehead atoms. The fourth-order valence-corrected chi connectivity index (χ4v) is 5.40. The van der Waals surface area contributed by atoms with E-state index in [-0.39, 0.29) is 11.6 Å². The van der Waals surface area contributed by atoms with E-state index in [1.54, 1.807) is 19.3 Å². The predicted octanol–water partition coefficient (Wildman–Crippen LogP) is 7.11. The molecule has 0 atom stereocenters. The van der Waals surface area contributed by atoms with Gasteiger partial charge in [0.1, 0.15) is 6.61 Å². The van der Waals surface area contributed by atoms with Crippen molar-refractivity contribution in [1.29, 1.82) is 0 Å². The number of carbonyl (C=O) groups excluding carboxylic acids is 1. The number of hydrogen-bond donors (Lipinski definition) is 0. The van der Waals surface area contributed by atoms with E-state index in [1.807, 2.05) is 30.3 Å². The van der Waals surface area contributed by atoms with Crippen LogP contribution in [-0.4, -0.2) is 22.3 Å². The topological polar surface area (TPSA) is 81.9 Å². The highest BCUT2D eigenvalue weighted by Gasteiger charge is 2.33. The van der Waals surface area contributed by atoms with Crippen molar-refractivity contribution >= 4 is 83.5 Å². The molecule has 1 heterocycles. The van der Waals surface area contributed by atoms with Crippen LogP contribution in [0.15, 0.2) is 74.5 Å². The summed E-state index contributed by atoms with van der Waals surface area (Å²) in [6, 6.07) is 17.1. The van der Waals surface area contributed by atoms with Gasteiger partial charge in [0.15, 0.2) is 15.8 Å². The molecular weight excluding hydrogens is 620 g/mol. The summed E-state index contributed by atoms with van der Waals surface area (Å²) in [6.07, 6.45) is 1.72. The van der Waals surface area contributed by atoms with Gasteiger partial charge in [0, 0.05) is 16.6 Å². The average molecular weight is 636 g/mol. The second kappa shape index (κ2) is 10.9. The summed E-state index contributed by atoms with van der Waals surface area (Å²) in [7, 11) is 1.55. The number of methoxy groups -OCH3 is 1. The van der Waals surface area contributed by atoms with Gasteiger partial charge >= 0.3 is 0 Å². The third kappa shape index (κ3) is 5.75. The second-order valence-corrected chi connectivity index (χ2v) is 10.7. The minimum Gasteiger partial charge on any atom is -0.493 e. The van der Waals surface area contributed by atoms with Crippen molar-refractivity contribution in [2.75, 3.05) is 12.0 Å². The summed E-state index contributed by atoms with van der Waals surface area (Å²) in [4.78, 5) is 25.3. The van der Waals surface area contributed by atoms with Gasteiger partial charge in [-0.2, -0.15) is 0 Å². The van der Waals surface area contributed by atoms with E-state index >= 15 is 0 Å². The van der Waals surface area contributed by atoms with E-state index in [0.29, 0.717) is 43.1 Å². The average Bonchev–Trinajstić information content (AvgIpc) is 3.11. The van der Waals surface area contributed by atoms with Gasteiger partial charge in [0.05, 0.1) is 27.1 Å². The maximum absolute atomic E-state index is 13.1. The molecule has 11 heteroatoms. The molecule has 1 aliphatic rings. The molecule has 1 aliphatic heterocycles. The summed E-state index contributed by atoms with van der Waals surface area (Å²) in [5, 5.41) is 10.9. The predicted molar refractivity (Wildman–Crippen MR) is 148 cm³/mol. The van der Waals surface area contributed by atoms with Crippen molar-refractivity contribution in [3.05, 3.63) is 95.8 Å². The Morgan fingerprint density at radius 3 is 2.43 bits per heavy atom. The van der Waals surface area contributed by atoms with E-state index in [4.69, 9.17) is 21.7 Å². The van der Waals surface area contributed by atoms with Gasteiger partial charge in [-0.3, -0.25) is 19.8 Å². The van der Waals surface area contributed by atoms with Gasteiger partial charge in [-0.15, -0.1) is 0 Å². The molecule has 3 aromatic rings. The number of anilines is 1. The molecule has 0 N–H and O–H groups in total. The number of hydrogen-bond acceptors (Lipinski definition) is 7. The smallest absolute Gasteiger partial charge is 0.270 e. The van der Waals surface area contributed by atoms with Crippen LogP contribution in [0.1, 0.15) is 11.1 Å². The number of halogens is 2. The second-order valence-electron chi connectivity index (χ2n) is 7.24. The van der Waals surface area contributed by atoms with Gasteiger partial charge in [0.25, 0.3) is 11.6 Å². The Kier molecular flexibility index (Phi) is 7.90. The Hall–Kier alpha value is -2.73. The molecule has 7 nitrogen and oxygen atoms in total. The zero-order valence-electron chi connectivity index (χ0n) is 18.1. The first-order chi connectivity index (χ1) is 16.8. The minimum absolute atomic E-state index is 0.0610. The molecular formula is C24H16Br2N2O5S2. The van der Waals surface area contributed by atoms with E-state index in [0.717, 1.165) is 21.8 Å². The quantitative estimate of drug-likeness (QED) is 0.118. The van der Waals surface area contributed by atoms with Crippen LogP contribution < -0.4 is 14.4 Å². The molecule has 1 saturated heterocycles. The fourth-order valence-electron chi connectivity index (χ4n) is 3.26. The molecule has 1 amide bonds. The normalized spacial score (nSPS) is 14.5. The molecule has 178 valence electrons. The molecule has 0 radical (unpaired) electrons. The number of ether oxygens (including phenoxy) is 2. The zero-order chi connectivity index (χ0) is 25.1. The zero-order valence-corrected chi connectivity index (χ0v) is 22.9. The van der Waals surface area contributed by atoms with E-state index in [9.17, 15) is 14.9 Å². The number of rotatable bonds is 7. The molecule has 0 aromatic heterocycles. The van der Waals surface area contributed by atoms with Gasteiger partial charge in [-0.1, -0.05) is 52.0 Å². The Balaban J connectivity index is 1.56. The maximum Gasteiger partial charge on any atom is 0.270 e. The van der Waals surface area contributed by atoms with Gasteiger partial charge < -0.3 is 9.47 Å². The Morgan fingerprint density at radius 2 is 1.80 bits per heavy atom. The van der Waals surface area contributed by atoms with E-state index in [1.165, 1.54) is 29.2 Å². The molecule has 0 spiro atoms. The van der Waals surface area contributed by atoms with Crippen LogP contribution in [0.3, 0.4) is 0 Å². The first-order valence-electron chi connectivity index (χ1n) is 10.0. The van der Waals surface area contributed by atoms with Crippen molar-refractivity contribution < 1.29 is 19.2 Å². The Bertz CT molecular complexity index is 1350. The van der Waals surface area contributed by atoms with Crippen LogP contribution in [0, 0.1) is 10.1 Å². The first-order valence-corrected chi connectivity index (χ1v) is 12.8. The van der Waals surface area contributed by atoms with Gasteiger partial charge in [0.2, 0.25) is 0 Å². The molecule has 3 aromatic carbocycles. The third-order valence-corrected chi connectivity index (χ3v) is 7.38. The first kappa shape index (κ1) is 25.4. The number of nitro groups is 1. The third-order valence-electron chi connectivity index (χ3n) is 4.96. The summed E-state index contributed by atoms with van der Waals surface area (Å²) in [5.41, 5.74) is 2.13. The van der Waals surface area contributed by atoms with Crippen LogP contribution in [0.5, 0.6) is 11.5 Å². The molecule has 0 saturated carbocycles. The molecule has 35 heavy (non-hydrogen) atoms. The van der Waals surface area contributed by atoms with E-state index < -0.39 is 4.92 Å². The van der Waals surface area contributed by atoms with Gasteiger partial charge in [-0.05, 0) is 69.5 Å². The van der Waals surface area contributed by atoms with Crippen molar-refractivity contribution in [2.24, 2.45) is 0 Å². The fraction of sp³-hybridized carbons (Fsp3) is 0.0833. The Labute approximate surface area is 227 Å². The lowest BCUT2D eigenvalue weighted by Crippen LogP contribution is -2.27. The number of amides is 1. The van der Waals surface area contributed by atoms with Crippen LogP contribution in [0.4, 0.5) is 11.4 Å². The summed E-state index contributed by atoms with van der Waals surface area (Å²) in [6.45, 7) is 0.357. The number of thioether (sulfide) groups is 1. The highest BCUT2D eigenvalue weighted by atomic mass is 79.9. The summed E-state index contributed by atoms with van der Waals surface area (Å²) in [5.74, 6) is 0.749. The van der Waals surface area contributed by atoms with Crippen molar-refractivity contribution in [3.8, 4) is 11.5 Å². The highest BCUT2D eigenvalue weighted by molar-refractivity contribution is 9.10. The van der Waals surface area contributed by atoms with Crippen molar-refractivity contribution in [3.63, 3.8) is 0 Å². The molecule has 4 rings (SSSR count). The highest BCUT2D eigenvalue weighted by Crippen LogP contribution is 2.40. The number of benzene rings is 3. The van der Waals surface area contributed by atoms with E-state index in [2.05, 4.69) is 31.9 Å². The van der Waals surface area contributed by atoms with Gasteiger partial charge in [-0.25, -0.2) is 0 Å². The largest absolute Gasteiger partial charge is 0.493 e. The lowest BCUT2D eigenvalue weighted by Gasteiger charge is -2.14. The van der Waals surface area contributed by atoms with Crippen molar-refractivity contribution in [2.45, 2.75) is 6.61 Å². The summed E-state index contributed by atoms with van der Waals surface area (Å²) >= 11 is 13.5. The monoisotopic (exact) mass is 634 g/mol. The van der Waals surface area contributed by atoms with Crippen LogP contribution in [0.2, 0.25) is 0 Å². The minimum atomic E-state index is -0.495. The molecule has 0 unspecified atom stereocenters. The SMILES string of the molecule is COc1cc(/C=C2\SC(=S)N(c3ccc([N+](=O)[O-])cc3)C2=O)cc(Br)c1OCc1ccc(Br)cc1. The van der Waals surface area contributed by atoms with Crippen LogP contribution in [-0.2, 0) is 11.4 Å². The van der Waals surface area contributed by atoms with Crippen LogP contribution in [0.25, 0.3) is 6.08 Å². The Morgan fingerprint density at radius 1 is 1.11 bits per heavy atom. The number of non-ortho nitro benzene ring substituents is 1. The lowest BCUT2D eigenvalue weighted by atomic mass is 10.1.